The highest BCUT2D eigenvalue weighted by Crippen LogP contribution is 2.37. The first-order chi connectivity index (χ1) is 6.49. The summed E-state index contributed by atoms with van der Waals surface area (Å²) in [7, 11) is 0. The highest BCUT2D eigenvalue weighted by atomic mass is 16.6. The van der Waals surface area contributed by atoms with Crippen molar-refractivity contribution in [1.29, 1.82) is 0 Å². The first kappa shape index (κ1) is 10.4. The molecule has 1 aliphatic carbocycles. The van der Waals surface area contributed by atoms with E-state index in [1.165, 1.54) is 25.7 Å². The van der Waals surface area contributed by atoms with E-state index in [0.29, 0.717) is 11.5 Å². The molecule has 2 nitrogen and oxygen atoms in total. The number of hydrogen-bond donors (Lipinski definition) is 0. The third kappa shape index (κ3) is 2.71. The molecule has 1 atom stereocenters. The molecule has 0 N–H and O–H groups in total. The summed E-state index contributed by atoms with van der Waals surface area (Å²) in [5.74, 6) is 0. The smallest absolute Gasteiger partial charge is 0.112 e. The Bertz CT molecular complexity index is 196. The molecule has 1 saturated heterocycles. The van der Waals surface area contributed by atoms with E-state index in [2.05, 4.69) is 20.8 Å². The first-order valence-electron chi connectivity index (χ1n) is 5.75. The van der Waals surface area contributed by atoms with Crippen LogP contribution in [0.15, 0.2) is 0 Å². The summed E-state index contributed by atoms with van der Waals surface area (Å²) >= 11 is 0. The average molecular weight is 198 g/mol. The van der Waals surface area contributed by atoms with Gasteiger partial charge in [0.25, 0.3) is 0 Å². The van der Waals surface area contributed by atoms with Crippen LogP contribution in [-0.2, 0) is 9.47 Å². The van der Waals surface area contributed by atoms with Crippen LogP contribution in [0.5, 0.6) is 0 Å². The molecule has 1 saturated carbocycles. The molecule has 0 radical (unpaired) electrons. The Morgan fingerprint density at radius 2 is 1.79 bits per heavy atom. The van der Waals surface area contributed by atoms with E-state index in [4.69, 9.17) is 9.47 Å². The van der Waals surface area contributed by atoms with Crippen molar-refractivity contribution in [2.24, 2.45) is 5.41 Å². The Morgan fingerprint density at radius 1 is 1.21 bits per heavy atom. The van der Waals surface area contributed by atoms with Gasteiger partial charge < -0.3 is 9.47 Å². The van der Waals surface area contributed by atoms with Crippen molar-refractivity contribution in [1.82, 2.24) is 0 Å². The summed E-state index contributed by atoms with van der Waals surface area (Å²) in [5.41, 5.74) is 0.604. The van der Waals surface area contributed by atoms with Crippen LogP contribution in [0.1, 0.15) is 46.5 Å². The van der Waals surface area contributed by atoms with Gasteiger partial charge >= 0.3 is 0 Å². The molecule has 1 heterocycles. The molecule has 2 fully saturated rings. The van der Waals surface area contributed by atoms with Gasteiger partial charge in [0.15, 0.2) is 0 Å². The zero-order chi connectivity index (χ0) is 10.2. The lowest BCUT2D eigenvalue weighted by Gasteiger charge is -2.34. The standard InChI is InChI=1S/C12H22O2/c1-11(2)6-4-10(5-7-11)13-8-12(3)9-14-12/h10H,4-9H2,1-3H3. The van der Waals surface area contributed by atoms with Gasteiger partial charge in [0.1, 0.15) is 5.60 Å². The maximum absolute atomic E-state index is 5.88. The lowest BCUT2D eigenvalue weighted by atomic mass is 9.76. The molecule has 1 aliphatic heterocycles. The number of ether oxygens (including phenoxy) is 2. The fourth-order valence-corrected chi connectivity index (χ4v) is 2.04. The van der Waals surface area contributed by atoms with Crippen LogP contribution >= 0.6 is 0 Å². The Morgan fingerprint density at radius 3 is 2.29 bits per heavy atom. The third-order valence-electron chi connectivity index (χ3n) is 3.55. The fraction of sp³-hybridized carbons (Fsp3) is 1.00. The molecule has 0 bridgehead atoms. The lowest BCUT2D eigenvalue weighted by Crippen LogP contribution is -2.29. The van der Waals surface area contributed by atoms with Crippen molar-refractivity contribution in [2.75, 3.05) is 13.2 Å². The molecule has 0 amide bonds. The van der Waals surface area contributed by atoms with Crippen LogP contribution in [-0.4, -0.2) is 24.9 Å². The van der Waals surface area contributed by atoms with Crippen LogP contribution in [0, 0.1) is 5.41 Å². The summed E-state index contributed by atoms with van der Waals surface area (Å²) < 4.78 is 11.2. The number of hydrogen-bond acceptors (Lipinski definition) is 2. The predicted octanol–water partition coefficient (Wildman–Crippen LogP) is 2.76. The summed E-state index contributed by atoms with van der Waals surface area (Å²) in [6.45, 7) is 8.51. The highest BCUT2D eigenvalue weighted by molar-refractivity contribution is 4.87. The van der Waals surface area contributed by atoms with Crippen LogP contribution in [0.3, 0.4) is 0 Å². The van der Waals surface area contributed by atoms with E-state index in [0.717, 1.165) is 13.2 Å². The van der Waals surface area contributed by atoms with Crippen molar-refractivity contribution in [3.05, 3.63) is 0 Å². The van der Waals surface area contributed by atoms with Gasteiger partial charge in [0, 0.05) is 0 Å². The van der Waals surface area contributed by atoms with E-state index in [9.17, 15) is 0 Å². The molecule has 1 unspecified atom stereocenters. The van der Waals surface area contributed by atoms with Gasteiger partial charge in [-0.2, -0.15) is 0 Å². The number of rotatable bonds is 3. The van der Waals surface area contributed by atoms with Gasteiger partial charge in [-0.3, -0.25) is 0 Å². The van der Waals surface area contributed by atoms with Crippen LogP contribution < -0.4 is 0 Å². The van der Waals surface area contributed by atoms with E-state index < -0.39 is 0 Å². The second kappa shape index (κ2) is 3.49. The van der Waals surface area contributed by atoms with Crippen molar-refractivity contribution in [2.45, 2.75) is 58.2 Å². The van der Waals surface area contributed by atoms with Gasteiger partial charge in [-0.15, -0.1) is 0 Å². The second-order valence-corrected chi connectivity index (χ2v) is 5.91. The fourth-order valence-electron chi connectivity index (χ4n) is 2.04. The molecule has 0 aromatic carbocycles. The molecule has 0 aromatic heterocycles. The zero-order valence-corrected chi connectivity index (χ0v) is 9.64. The van der Waals surface area contributed by atoms with E-state index in [1.807, 2.05) is 0 Å². The van der Waals surface area contributed by atoms with Crippen molar-refractivity contribution < 1.29 is 9.47 Å². The zero-order valence-electron chi connectivity index (χ0n) is 9.64. The van der Waals surface area contributed by atoms with E-state index in [1.54, 1.807) is 0 Å². The monoisotopic (exact) mass is 198 g/mol. The first-order valence-corrected chi connectivity index (χ1v) is 5.75. The van der Waals surface area contributed by atoms with E-state index >= 15 is 0 Å². The van der Waals surface area contributed by atoms with Crippen LogP contribution in [0.25, 0.3) is 0 Å². The van der Waals surface area contributed by atoms with Gasteiger partial charge in [-0.1, -0.05) is 13.8 Å². The van der Waals surface area contributed by atoms with Gasteiger partial charge in [0.05, 0.1) is 19.3 Å². The molecular weight excluding hydrogens is 176 g/mol. The minimum Gasteiger partial charge on any atom is -0.375 e. The SMILES string of the molecule is CC1(C)CCC(OCC2(C)CO2)CC1. The summed E-state index contributed by atoms with van der Waals surface area (Å²) in [6.07, 6.45) is 5.54. The second-order valence-electron chi connectivity index (χ2n) is 5.91. The molecule has 0 aromatic rings. The highest BCUT2D eigenvalue weighted by Gasteiger charge is 2.40. The predicted molar refractivity (Wildman–Crippen MR) is 56.3 cm³/mol. The molecule has 0 spiro atoms. The van der Waals surface area contributed by atoms with Gasteiger partial charge in [-0.05, 0) is 38.0 Å². The van der Waals surface area contributed by atoms with Crippen molar-refractivity contribution in [3.8, 4) is 0 Å². The number of epoxide rings is 1. The Hall–Kier alpha value is -0.0800. The molecule has 14 heavy (non-hydrogen) atoms. The quantitative estimate of drug-likeness (QED) is 0.650. The normalized spacial score (nSPS) is 37.1. The summed E-state index contributed by atoms with van der Waals surface area (Å²) in [4.78, 5) is 0. The summed E-state index contributed by atoms with van der Waals surface area (Å²) in [6, 6.07) is 0. The van der Waals surface area contributed by atoms with Gasteiger partial charge in [0.2, 0.25) is 0 Å². The minimum absolute atomic E-state index is 0.0625. The van der Waals surface area contributed by atoms with Gasteiger partial charge in [-0.25, -0.2) is 0 Å². The largest absolute Gasteiger partial charge is 0.375 e. The third-order valence-corrected chi connectivity index (χ3v) is 3.55. The molecule has 2 rings (SSSR count). The average Bonchev–Trinajstić information content (AvgIpc) is 2.83. The lowest BCUT2D eigenvalue weighted by molar-refractivity contribution is -0.0164. The Balaban J connectivity index is 1.68. The maximum atomic E-state index is 5.88. The molecular formula is C12H22O2. The molecule has 2 heteroatoms. The van der Waals surface area contributed by atoms with Crippen molar-refractivity contribution >= 4 is 0 Å². The maximum Gasteiger partial charge on any atom is 0.112 e. The summed E-state index contributed by atoms with van der Waals surface area (Å²) in [5, 5.41) is 0. The van der Waals surface area contributed by atoms with Crippen LogP contribution in [0.4, 0.5) is 0 Å². The Labute approximate surface area is 87.0 Å². The minimum atomic E-state index is 0.0625. The van der Waals surface area contributed by atoms with E-state index in [-0.39, 0.29) is 5.60 Å². The molecule has 82 valence electrons. The van der Waals surface area contributed by atoms with Crippen LogP contribution in [0.2, 0.25) is 0 Å². The van der Waals surface area contributed by atoms with Crippen molar-refractivity contribution in [3.63, 3.8) is 0 Å². The Kier molecular flexibility index (Phi) is 2.61. The molecule has 2 aliphatic rings. The topological polar surface area (TPSA) is 21.8 Å².